The third kappa shape index (κ3) is 4.74. The van der Waals surface area contributed by atoms with Gasteiger partial charge < -0.3 is 4.90 Å². The number of nitrogens with zero attached hydrogens (tertiary/aromatic N) is 3. The molecule has 0 atom stereocenters. The normalized spacial score (nSPS) is 11.4. The monoisotopic (exact) mass is 479 g/mol. The van der Waals surface area contributed by atoms with Gasteiger partial charge in [-0.1, -0.05) is 52.7 Å². The van der Waals surface area contributed by atoms with Crippen molar-refractivity contribution in [3.05, 3.63) is 57.0 Å². The molecule has 2 aromatic carbocycles. The number of aryl methyl sites for hydroxylation is 1. The molecule has 0 radical (unpaired) electrons. The lowest BCUT2D eigenvalue weighted by molar-refractivity contribution is 0.0984. The number of carbonyl (C=O) groups is 1. The second-order valence-electron chi connectivity index (χ2n) is 6.56. The minimum absolute atomic E-state index is 0.0394. The lowest BCUT2D eigenvalue weighted by Crippen LogP contribution is -2.38. The van der Waals surface area contributed by atoms with E-state index in [2.05, 4.69) is 34.7 Å². The Bertz CT molecular complexity index is 970. The summed E-state index contributed by atoms with van der Waals surface area (Å²) in [6.45, 7) is 9.54. The summed E-state index contributed by atoms with van der Waals surface area (Å²) in [5.41, 5.74) is 2.57. The summed E-state index contributed by atoms with van der Waals surface area (Å²) in [6, 6.07) is 11.3. The molecule has 1 amide bonds. The number of amides is 1. The van der Waals surface area contributed by atoms with E-state index >= 15 is 0 Å². The Labute approximate surface area is 183 Å². The van der Waals surface area contributed by atoms with E-state index in [4.69, 9.17) is 16.6 Å². The average molecular weight is 481 g/mol. The third-order valence-corrected chi connectivity index (χ3v) is 6.51. The second-order valence-corrected chi connectivity index (χ2v) is 8.92. The van der Waals surface area contributed by atoms with E-state index in [-0.39, 0.29) is 5.91 Å². The summed E-state index contributed by atoms with van der Waals surface area (Å²) in [6.07, 6.45) is 0. The Hall–Kier alpha value is -1.47. The minimum atomic E-state index is -0.0394. The maximum Gasteiger partial charge on any atom is 0.260 e. The molecule has 1 aromatic heterocycles. The molecular formula is C21H23BrClN3OS. The van der Waals surface area contributed by atoms with Crippen LogP contribution >= 0.6 is 38.9 Å². The molecule has 3 rings (SSSR count). The molecule has 1 heterocycles. The van der Waals surface area contributed by atoms with E-state index in [1.54, 1.807) is 4.90 Å². The molecule has 0 N–H and O–H groups in total. The number of aromatic nitrogens is 1. The minimum Gasteiger partial charge on any atom is -0.302 e. The molecule has 0 aliphatic heterocycles. The van der Waals surface area contributed by atoms with Crippen LogP contribution in [-0.4, -0.2) is 42.0 Å². The zero-order valence-corrected chi connectivity index (χ0v) is 19.4. The Morgan fingerprint density at radius 1 is 1.14 bits per heavy atom. The van der Waals surface area contributed by atoms with Crippen LogP contribution in [0.3, 0.4) is 0 Å². The van der Waals surface area contributed by atoms with Crippen LogP contribution in [0.15, 0.2) is 40.9 Å². The van der Waals surface area contributed by atoms with Crippen LogP contribution in [0.25, 0.3) is 10.2 Å². The maximum absolute atomic E-state index is 13.3. The number of carbonyl (C=O) groups excluding carboxylic acids is 1. The van der Waals surface area contributed by atoms with Crippen LogP contribution in [0, 0.1) is 6.92 Å². The standard InChI is InChI=1S/C21H23BrClN3OS/c1-4-25(5-2)10-11-26(20(27)15-6-8-16(22)9-7-15)21-24-19-14(3)12-17(23)13-18(19)28-21/h6-9,12-13H,4-5,10-11H2,1-3H3. The van der Waals surface area contributed by atoms with Crippen molar-refractivity contribution in [3.8, 4) is 0 Å². The fourth-order valence-electron chi connectivity index (χ4n) is 3.07. The molecule has 0 unspecified atom stereocenters. The topological polar surface area (TPSA) is 36.4 Å². The summed E-state index contributed by atoms with van der Waals surface area (Å²) < 4.78 is 1.94. The Balaban J connectivity index is 1.98. The molecule has 0 saturated carbocycles. The van der Waals surface area contributed by atoms with Crippen molar-refractivity contribution >= 4 is 60.1 Å². The average Bonchev–Trinajstić information content (AvgIpc) is 3.09. The van der Waals surface area contributed by atoms with Gasteiger partial charge in [0.15, 0.2) is 5.13 Å². The van der Waals surface area contributed by atoms with Gasteiger partial charge in [0.25, 0.3) is 5.91 Å². The highest BCUT2D eigenvalue weighted by atomic mass is 79.9. The quantitative estimate of drug-likeness (QED) is 0.415. The number of benzene rings is 2. The van der Waals surface area contributed by atoms with E-state index in [0.717, 1.165) is 39.9 Å². The first kappa shape index (κ1) is 21.2. The summed E-state index contributed by atoms with van der Waals surface area (Å²) in [5, 5.41) is 1.40. The van der Waals surface area contributed by atoms with Crippen molar-refractivity contribution in [1.82, 2.24) is 9.88 Å². The van der Waals surface area contributed by atoms with Gasteiger partial charge >= 0.3 is 0 Å². The molecule has 0 fully saturated rings. The first-order valence-electron chi connectivity index (χ1n) is 9.29. The van der Waals surface area contributed by atoms with E-state index in [9.17, 15) is 4.79 Å². The number of fused-ring (bicyclic) bond motifs is 1. The van der Waals surface area contributed by atoms with Gasteiger partial charge in [-0.3, -0.25) is 9.69 Å². The van der Waals surface area contributed by atoms with Crippen molar-refractivity contribution in [2.24, 2.45) is 0 Å². The highest BCUT2D eigenvalue weighted by molar-refractivity contribution is 9.10. The fraction of sp³-hybridized carbons (Fsp3) is 0.333. The van der Waals surface area contributed by atoms with Crippen molar-refractivity contribution in [1.29, 1.82) is 0 Å². The van der Waals surface area contributed by atoms with Crippen LogP contribution in [0.2, 0.25) is 5.02 Å². The van der Waals surface area contributed by atoms with E-state index in [0.29, 0.717) is 22.3 Å². The van der Waals surface area contributed by atoms with Gasteiger partial charge in [0.1, 0.15) is 0 Å². The second kappa shape index (κ2) is 9.35. The van der Waals surface area contributed by atoms with Gasteiger partial charge in [-0.15, -0.1) is 0 Å². The Morgan fingerprint density at radius 2 is 1.82 bits per heavy atom. The molecule has 148 valence electrons. The predicted molar refractivity (Wildman–Crippen MR) is 123 cm³/mol. The van der Waals surface area contributed by atoms with E-state index in [1.807, 2.05) is 43.3 Å². The molecule has 0 saturated heterocycles. The summed E-state index contributed by atoms with van der Waals surface area (Å²) in [4.78, 5) is 22.2. The Morgan fingerprint density at radius 3 is 2.46 bits per heavy atom. The molecule has 3 aromatic rings. The highest BCUT2D eigenvalue weighted by Crippen LogP contribution is 2.33. The van der Waals surface area contributed by atoms with Crippen LogP contribution in [-0.2, 0) is 0 Å². The van der Waals surface area contributed by atoms with E-state index in [1.165, 1.54) is 11.3 Å². The molecule has 4 nitrogen and oxygen atoms in total. The van der Waals surface area contributed by atoms with Crippen molar-refractivity contribution < 1.29 is 4.79 Å². The first-order valence-corrected chi connectivity index (χ1v) is 11.3. The fourth-order valence-corrected chi connectivity index (χ4v) is 4.78. The smallest absolute Gasteiger partial charge is 0.260 e. The van der Waals surface area contributed by atoms with Crippen molar-refractivity contribution in [3.63, 3.8) is 0 Å². The van der Waals surface area contributed by atoms with E-state index < -0.39 is 0 Å². The van der Waals surface area contributed by atoms with Gasteiger partial charge in [-0.05, 0) is 62.0 Å². The van der Waals surface area contributed by atoms with Gasteiger partial charge in [-0.25, -0.2) is 4.98 Å². The lowest BCUT2D eigenvalue weighted by Gasteiger charge is -2.24. The summed E-state index contributed by atoms with van der Waals surface area (Å²) >= 11 is 11.2. The number of likely N-dealkylation sites (N-methyl/N-ethyl adjacent to an activating group) is 1. The molecule has 0 aliphatic carbocycles. The first-order chi connectivity index (χ1) is 13.4. The van der Waals surface area contributed by atoms with Gasteiger partial charge in [0, 0.05) is 28.1 Å². The summed E-state index contributed by atoms with van der Waals surface area (Å²) in [5.74, 6) is -0.0394. The summed E-state index contributed by atoms with van der Waals surface area (Å²) in [7, 11) is 0. The van der Waals surface area contributed by atoms with Gasteiger partial charge in [0.2, 0.25) is 0 Å². The highest BCUT2D eigenvalue weighted by Gasteiger charge is 2.22. The van der Waals surface area contributed by atoms with Crippen molar-refractivity contribution in [2.45, 2.75) is 20.8 Å². The molecule has 7 heteroatoms. The number of thiazole rings is 1. The molecule has 0 aliphatic rings. The Kier molecular flexibility index (Phi) is 7.10. The van der Waals surface area contributed by atoms with Gasteiger partial charge in [0.05, 0.1) is 10.2 Å². The number of halogens is 2. The maximum atomic E-state index is 13.3. The predicted octanol–water partition coefficient (Wildman–Crippen LogP) is 6.01. The van der Waals surface area contributed by atoms with Crippen LogP contribution < -0.4 is 4.90 Å². The SMILES string of the molecule is CCN(CC)CCN(C(=O)c1ccc(Br)cc1)c1nc2c(C)cc(Cl)cc2s1. The van der Waals surface area contributed by atoms with Crippen molar-refractivity contribution in [2.75, 3.05) is 31.1 Å². The molecule has 0 spiro atoms. The number of anilines is 1. The zero-order valence-electron chi connectivity index (χ0n) is 16.2. The van der Waals surface area contributed by atoms with Crippen LogP contribution in [0.4, 0.5) is 5.13 Å². The lowest BCUT2D eigenvalue weighted by atomic mass is 10.2. The number of hydrogen-bond acceptors (Lipinski definition) is 4. The molecular weight excluding hydrogens is 458 g/mol. The van der Waals surface area contributed by atoms with Crippen LogP contribution in [0.5, 0.6) is 0 Å². The zero-order chi connectivity index (χ0) is 20.3. The number of hydrogen-bond donors (Lipinski definition) is 0. The largest absolute Gasteiger partial charge is 0.302 e. The molecule has 28 heavy (non-hydrogen) atoms. The third-order valence-electron chi connectivity index (χ3n) is 4.74. The van der Waals surface area contributed by atoms with Gasteiger partial charge in [-0.2, -0.15) is 0 Å². The van der Waals surface area contributed by atoms with Crippen LogP contribution in [0.1, 0.15) is 29.8 Å². The molecule has 0 bridgehead atoms. The number of rotatable bonds is 7.